The summed E-state index contributed by atoms with van der Waals surface area (Å²) in [4.78, 5) is 0.108. The van der Waals surface area contributed by atoms with Crippen molar-refractivity contribution in [2.75, 3.05) is 13.2 Å². The van der Waals surface area contributed by atoms with Crippen LogP contribution in [-0.2, 0) is 10.0 Å². The average molecular weight is 450 g/mol. The zero-order valence-corrected chi connectivity index (χ0v) is 18.4. The Morgan fingerprint density at radius 3 is 2.38 bits per heavy atom. The molecule has 0 bridgehead atoms. The Balaban J connectivity index is 1.57. The Bertz CT molecular complexity index is 1360. The van der Waals surface area contributed by atoms with Gasteiger partial charge in [0, 0.05) is 23.4 Å². The summed E-state index contributed by atoms with van der Waals surface area (Å²) in [5.74, 6) is 1.55. The van der Waals surface area contributed by atoms with Crippen LogP contribution in [0.1, 0.15) is 29.3 Å². The van der Waals surface area contributed by atoms with Gasteiger partial charge in [0.1, 0.15) is 17.4 Å². The zero-order chi connectivity index (χ0) is 22.1. The number of ether oxygens (including phenoxy) is 2. The van der Waals surface area contributed by atoms with Gasteiger partial charge < -0.3 is 13.9 Å². The third-order valence-corrected chi connectivity index (χ3v) is 7.00. The smallest absolute Gasteiger partial charge is 0.241 e. The van der Waals surface area contributed by atoms with E-state index in [0.717, 1.165) is 28.5 Å². The third-order valence-electron chi connectivity index (χ3n) is 5.58. The molecule has 1 aromatic heterocycles. The molecule has 0 amide bonds. The normalized spacial score (nSPS) is 14.8. The number of nitrogens with one attached hydrogen (secondary N) is 1. The molecule has 6 nitrogen and oxygen atoms in total. The minimum atomic E-state index is -3.90. The van der Waals surface area contributed by atoms with Gasteiger partial charge in [-0.05, 0) is 30.7 Å². The first kappa shape index (κ1) is 20.6. The first-order valence-corrected chi connectivity index (χ1v) is 12.0. The summed E-state index contributed by atoms with van der Waals surface area (Å²) in [5.41, 5.74) is 2.40. The van der Waals surface area contributed by atoms with E-state index in [4.69, 9.17) is 13.9 Å². The fourth-order valence-corrected chi connectivity index (χ4v) is 5.12. The fraction of sp³-hybridized carbons (Fsp3) is 0.200. The highest BCUT2D eigenvalue weighted by molar-refractivity contribution is 7.89. The number of para-hydroxylation sites is 1. The van der Waals surface area contributed by atoms with E-state index in [2.05, 4.69) is 4.72 Å². The van der Waals surface area contributed by atoms with Gasteiger partial charge in [0.2, 0.25) is 10.0 Å². The van der Waals surface area contributed by atoms with Crippen LogP contribution in [0.5, 0.6) is 11.5 Å². The number of sulfonamides is 1. The Kier molecular flexibility index (Phi) is 5.36. The van der Waals surface area contributed by atoms with Crippen LogP contribution in [0.3, 0.4) is 0 Å². The van der Waals surface area contributed by atoms with E-state index >= 15 is 0 Å². The molecule has 4 aromatic rings. The van der Waals surface area contributed by atoms with Gasteiger partial charge in [0.05, 0.1) is 18.1 Å². The van der Waals surface area contributed by atoms with Crippen molar-refractivity contribution in [3.63, 3.8) is 0 Å². The molecule has 32 heavy (non-hydrogen) atoms. The average Bonchev–Trinajstić information content (AvgIpc) is 2.98. The summed E-state index contributed by atoms with van der Waals surface area (Å²) in [6, 6.07) is 21.1. The molecule has 5 rings (SSSR count). The molecular formula is C25H23NO5S. The molecule has 0 radical (unpaired) electrons. The van der Waals surface area contributed by atoms with Gasteiger partial charge in [-0.3, -0.25) is 0 Å². The summed E-state index contributed by atoms with van der Waals surface area (Å²) in [6.45, 7) is 2.96. The lowest BCUT2D eigenvalue weighted by molar-refractivity contribution is 0.297. The van der Waals surface area contributed by atoms with E-state index in [1.54, 1.807) is 6.07 Å². The van der Waals surface area contributed by atoms with Crippen molar-refractivity contribution in [2.24, 2.45) is 0 Å². The molecule has 0 saturated heterocycles. The van der Waals surface area contributed by atoms with Crippen LogP contribution in [0.15, 0.2) is 82.1 Å². The molecule has 1 aliphatic heterocycles. The molecule has 1 aliphatic rings. The summed E-state index contributed by atoms with van der Waals surface area (Å²) >= 11 is 0. The predicted molar refractivity (Wildman–Crippen MR) is 122 cm³/mol. The second-order valence-electron chi connectivity index (χ2n) is 7.71. The van der Waals surface area contributed by atoms with Crippen molar-refractivity contribution in [1.82, 2.24) is 4.72 Å². The minimum Gasteiger partial charge on any atom is -0.490 e. The van der Waals surface area contributed by atoms with Gasteiger partial charge >= 0.3 is 0 Å². The van der Waals surface area contributed by atoms with Gasteiger partial charge in [0.15, 0.2) is 11.5 Å². The van der Waals surface area contributed by atoms with Gasteiger partial charge in [-0.1, -0.05) is 48.5 Å². The maximum atomic E-state index is 13.4. The monoisotopic (exact) mass is 449 g/mol. The quantitative estimate of drug-likeness (QED) is 0.465. The lowest BCUT2D eigenvalue weighted by Gasteiger charge is -2.19. The van der Waals surface area contributed by atoms with Crippen molar-refractivity contribution in [3.05, 3.63) is 89.7 Å². The minimum absolute atomic E-state index is 0.108. The number of aryl methyl sites for hydroxylation is 1. The molecular weight excluding hydrogens is 426 g/mol. The van der Waals surface area contributed by atoms with Crippen molar-refractivity contribution in [2.45, 2.75) is 24.3 Å². The summed E-state index contributed by atoms with van der Waals surface area (Å²) in [5, 5.41) is 0.957. The van der Waals surface area contributed by atoms with Gasteiger partial charge in [-0.25, -0.2) is 8.42 Å². The number of benzene rings is 3. The van der Waals surface area contributed by atoms with E-state index in [-0.39, 0.29) is 4.90 Å². The predicted octanol–water partition coefficient (Wildman–Crippen LogP) is 4.97. The van der Waals surface area contributed by atoms with E-state index in [0.29, 0.717) is 30.5 Å². The molecule has 7 heteroatoms. The number of hydrogen-bond acceptors (Lipinski definition) is 5. The molecule has 0 fully saturated rings. The van der Waals surface area contributed by atoms with Crippen molar-refractivity contribution in [1.29, 1.82) is 0 Å². The highest BCUT2D eigenvalue weighted by atomic mass is 32.2. The topological polar surface area (TPSA) is 77.8 Å². The highest BCUT2D eigenvalue weighted by Gasteiger charge is 2.28. The largest absolute Gasteiger partial charge is 0.490 e. The SMILES string of the molecule is Cc1c([C@H](NS(=O)(=O)c2ccc3c(c2)OCCCO3)c2ccccc2)oc2ccccc12. The Morgan fingerprint density at radius 2 is 1.59 bits per heavy atom. The molecule has 1 N–H and O–H groups in total. The summed E-state index contributed by atoms with van der Waals surface area (Å²) in [7, 11) is -3.90. The molecule has 2 heterocycles. The van der Waals surface area contributed by atoms with Crippen LogP contribution in [-0.4, -0.2) is 21.6 Å². The lowest BCUT2D eigenvalue weighted by Crippen LogP contribution is -2.29. The number of hydrogen-bond donors (Lipinski definition) is 1. The van der Waals surface area contributed by atoms with E-state index in [1.165, 1.54) is 12.1 Å². The van der Waals surface area contributed by atoms with Crippen molar-refractivity contribution in [3.8, 4) is 11.5 Å². The number of fused-ring (bicyclic) bond motifs is 2. The van der Waals surface area contributed by atoms with Crippen LogP contribution >= 0.6 is 0 Å². The molecule has 164 valence electrons. The summed E-state index contributed by atoms with van der Waals surface area (Å²) < 4.78 is 47.2. The molecule has 0 aliphatic carbocycles. The van der Waals surface area contributed by atoms with E-state index < -0.39 is 16.1 Å². The Morgan fingerprint density at radius 1 is 0.875 bits per heavy atom. The Hall–Kier alpha value is -3.29. The maximum absolute atomic E-state index is 13.4. The maximum Gasteiger partial charge on any atom is 0.241 e. The van der Waals surface area contributed by atoms with Crippen LogP contribution in [0.4, 0.5) is 0 Å². The molecule has 0 unspecified atom stereocenters. The molecule has 0 saturated carbocycles. The van der Waals surface area contributed by atoms with Crippen molar-refractivity contribution >= 4 is 21.0 Å². The zero-order valence-electron chi connectivity index (χ0n) is 17.6. The first-order chi connectivity index (χ1) is 15.5. The standard InChI is InChI=1S/C25H23NO5S/c1-17-20-10-5-6-11-21(20)31-25(17)24(18-8-3-2-4-9-18)26-32(27,28)19-12-13-22-23(16-19)30-15-7-14-29-22/h2-6,8-13,16,24,26H,7,14-15H2,1H3/t24-/m1/s1. The van der Waals surface area contributed by atoms with Crippen LogP contribution in [0, 0.1) is 6.92 Å². The number of rotatable bonds is 5. The second-order valence-corrected chi connectivity index (χ2v) is 9.43. The van der Waals surface area contributed by atoms with Crippen LogP contribution in [0.2, 0.25) is 0 Å². The van der Waals surface area contributed by atoms with Crippen LogP contribution in [0.25, 0.3) is 11.0 Å². The second kappa shape index (κ2) is 8.33. The number of furan rings is 1. The van der Waals surface area contributed by atoms with Crippen LogP contribution < -0.4 is 14.2 Å². The van der Waals surface area contributed by atoms with Crippen molar-refractivity contribution < 1.29 is 22.3 Å². The molecule has 1 atom stereocenters. The highest BCUT2D eigenvalue weighted by Crippen LogP contribution is 2.35. The van der Waals surface area contributed by atoms with E-state index in [9.17, 15) is 8.42 Å². The van der Waals surface area contributed by atoms with Gasteiger partial charge in [0.25, 0.3) is 0 Å². The van der Waals surface area contributed by atoms with Gasteiger partial charge in [-0.2, -0.15) is 4.72 Å². The molecule has 0 spiro atoms. The third kappa shape index (κ3) is 3.85. The fourth-order valence-electron chi connectivity index (χ4n) is 3.92. The summed E-state index contributed by atoms with van der Waals surface area (Å²) in [6.07, 6.45) is 0.746. The Labute approximate surface area is 186 Å². The molecule has 3 aromatic carbocycles. The van der Waals surface area contributed by atoms with Gasteiger partial charge in [-0.15, -0.1) is 0 Å². The lowest BCUT2D eigenvalue weighted by atomic mass is 10.0. The van der Waals surface area contributed by atoms with E-state index in [1.807, 2.05) is 61.5 Å². The first-order valence-electron chi connectivity index (χ1n) is 10.5.